The first-order valence-electron chi connectivity index (χ1n) is 11.4. The Morgan fingerprint density at radius 1 is 1.23 bits per heavy atom. The van der Waals surface area contributed by atoms with E-state index in [0.29, 0.717) is 36.5 Å². The third kappa shape index (κ3) is 4.01. The highest BCUT2D eigenvalue weighted by Crippen LogP contribution is 2.43. The molecule has 0 bridgehead atoms. The first-order valence-corrected chi connectivity index (χ1v) is 11.4. The number of pyridine rings is 1. The summed E-state index contributed by atoms with van der Waals surface area (Å²) in [6, 6.07) is 6.69. The number of carbonyl (C=O) groups is 1. The molecule has 1 aromatic carbocycles. The standard InChI is InChI=1S/C24H22F2N6O3/c1-13-17(25)8-14(22-29-24(35-30-22)16-11-18(16)26)9-19(13)28-23(33)20-12-27-21-10-15(2-3-32(20)21)31-4-6-34-7-5-31/h2-3,8-10,12,16,18H,4-7,11H2,1H3,(H,28,33)/t16-,18-/m0/s1. The van der Waals surface area contributed by atoms with Gasteiger partial charge in [0, 0.05) is 47.9 Å². The number of ether oxygens (including phenoxy) is 1. The second kappa shape index (κ2) is 8.42. The topological polar surface area (TPSA) is 97.8 Å². The maximum absolute atomic E-state index is 14.7. The van der Waals surface area contributed by atoms with Crippen LogP contribution in [-0.4, -0.2) is 57.9 Å². The zero-order valence-electron chi connectivity index (χ0n) is 18.9. The number of carbonyl (C=O) groups excluding carboxylic acids is 1. The van der Waals surface area contributed by atoms with E-state index in [1.807, 2.05) is 12.1 Å². The van der Waals surface area contributed by atoms with Gasteiger partial charge >= 0.3 is 0 Å². The molecule has 1 aliphatic heterocycles. The molecule has 4 heterocycles. The average molecular weight is 480 g/mol. The molecule has 3 aromatic heterocycles. The SMILES string of the molecule is Cc1c(F)cc(-c2noc([C@H]3C[C@@H]3F)n2)cc1NC(=O)c1cnc2cc(N3CCOCC3)ccn12. The van der Waals surface area contributed by atoms with Gasteiger partial charge in [0.1, 0.15) is 23.3 Å². The van der Waals surface area contributed by atoms with E-state index in [1.165, 1.54) is 12.3 Å². The number of morpholine rings is 1. The zero-order valence-corrected chi connectivity index (χ0v) is 18.9. The molecule has 180 valence electrons. The fourth-order valence-electron chi connectivity index (χ4n) is 4.20. The minimum atomic E-state index is -0.983. The number of amides is 1. The quantitative estimate of drug-likeness (QED) is 0.465. The van der Waals surface area contributed by atoms with Gasteiger partial charge in [-0.25, -0.2) is 13.8 Å². The number of nitrogens with zero attached hydrogens (tertiary/aromatic N) is 5. The molecule has 1 saturated carbocycles. The lowest BCUT2D eigenvalue weighted by molar-refractivity contribution is 0.102. The Balaban J connectivity index is 1.26. The molecule has 1 N–H and O–H groups in total. The van der Waals surface area contributed by atoms with Crippen molar-refractivity contribution < 1.29 is 22.8 Å². The van der Waals surface area contributed by atoms with Crippen molar-refractivity contribution in [3.63, 3.8) is 0 Å². The number of benzene rings is 1. The number of hydrogen-bond acceptors (Lipinski definition) is 7. The Labute approximate surface area is 198 Å². The van der Waals surface area contributed by atoms with E-state index in [4.69, 9.17) is 9.26 Å². The third-order valence-electron chi connectivity index (χ3n) is 6.43. The smallest absolute Gasteiger partial charge is 0.274 e. The molecule has 6 rings (SSSR count). The summed E-state index contributed by atoms with van der Waals surface area (Å²) in [5.74, 6) is -1.04. The molecule has 2 atom stereocenters. The molecule has 2 fully saturated rings. The van der Waals surface area contributed by atoms with Crippen LogP contribution in [-0.2, 0) is 4.74 Å². The van der Waals surface area contributed by atoms with Crippen LogP contribution in [0.3, 0.4) is 0 Å². The Morgan fingerprint density at radius 3 is 2.80 bits per heavy atom. The zero-order chi connectivity index (χ0) is 24.1. The highest BCUT2D eigenvalue weighted by atomic mass is 19.1. The van der Waals surface area contributed by atoms with E-state index in [0.717, 1.165) is 18.8 Å². The Hall–Kier alpha value is -3.86. The molecule has 35 heavy (non-hydrogen) atoms. The van der Waals surface area contributed by atoms with Crippen molar-refractivity contribution in [2.24, 2.45) is 0 Å². The van der Waals surface area contributed by atoms with E-state index in [1.54, 1.807) is 23.6 Å². The summed E-state index contributed by atoms with van der Waals surface area (Å²) in [5.41, 5.74) is 2.80. The lowest BCUT2D eigenvalue weighted by atomic mass is 10.1. The minimum Gasteiger partial charge on any atom is -0.378 e. The van der Waals surface area contributed by atoms with Crippen LogP contribution >= 0.6 is 0 Å². The van der Waals surface area contributed by atoms with Gasteiger partial charge in [0.25, 0.3) is 5.91 Å². The van der Waals surface area contributed by atoms with Gasteiger partial charge in [-0.1, -0.05) is 5.16 Å². The molecule has 2 aliphatic rings. The number of rotatable bonds is 5. The number of hydrogen-bond donors (Lipinski definition) is 1. The van der Waals surface area contributed by atoms with Gasteiger partial charge in [-0.3, -0.25) is 9.20 Å². The molecular weight excluding hydrogens is 458 g/mol. The monoisotopic (exact) mass is 480 g/mol. The van der Waals surface area contributed by atoms with Crippen LogP contribution in [0.1, 0.15) is 34.3 Å². The minimum absolute atomic E-state index is 0.138. The first-order chi connectivity index (χ1) is 17.0. The van der Waals surface area contributed by atoms with Crippen LogP contribution < -0.4 is 10.2 Å². The molecule has 1 aliphatic carbocycles. The van der Waals surface area contributed by atoms with Crippen molar-refractivity contribution in [1.82, 2.24) is 19.5 Å². The maximum Gasteiger partial charge on any atom is 0.274 e. The van der Waals surface area contributed by atoms with Gasteiger partial charge < -0.3 is 19.5 Å². The third-order valence-corrected chi connectivity index (χ3v) is 6.43. The van der Waals surface area contributed by atoms with Crippen LogP contribution in [0.25, 0.3) is 17.0 Å². The van der Waals surface area contributed by atoms with Crippen LogP contribution in [0, 0.1) is 12.7 Å². The molecular formula is C24H22F2N6O3. The summed E-state index contributed by atoms with van der Waals surface area (Å²) in [6.07, 6.45) is 2.64. The van der Waals surface area contributed by atoms with Crippen molar-refractivity contribution in [3.8, 4) is 11.4 Å². The summed E-state index contributed by atoms with van der Waals surface area (Å²) >= 11 is 0. The Morgan fingerprint density at radius 2 is 2.03 bits per heavy atom. The fourth-order valence-corrected chi connectivity index (χ4v) is 4.20. The van der Waals surface area contributed by atoms with Gasteiger partial charge in [0.2, 0.25) is 11.7 Å². The molecule has 9 nitrogen and oxygen atoms in total. The second-order valence-electron chi connectivity index (χ2n) is 8.76. The highest BCUT2D eigenvalue weighted by Gasteiger charge is 2.43. The molecule has 4 aromatic rings. The summed E-state index contributed by atoms with van der Waals surface area (Å²) in [7, 11) is 0. The van der Waals surface area contributed by atoms with Crippen molar-refractivity contribution in [2.45, 2.75) is 25.4 Å². The van der Waals surface area contributed by atoms with E-state index in [-0.39, 0.29) is 23.0 Å². The van der Waals surface area contributed by atoms with Crippen molar-refractivity contribution in [2.75, 3.05) is 36.5 Å². The molecule has 1 amide bonds. The fraction of sp³-hybridized carbons (Fsp3) is 0.333. The van der Waals surface area contributed by atoms with Crippen LogP contribution in [0.15, 0.2) is 41.2 Å². The molecule has 0 radical (unpaired) electrons. The van der Waals surface area contributed by atoms with Crippen molar-refractivity contribution >= 4 is 22.9 Å². The Kier molecular flexibility index (Phi) is 5.21. The van der Waals surface area contributed by atoms with Crippen molar-refractivity contribution in [1.29, 1.82) is 0 Å². The first kappa shape index (κ1) is 21.7. The van der Waals surface area contributed by atoms with Crippen molar-refractivity contribution in [3.05, 3.63) is 59.6 Å². The number of nitrogens with one attached hydrogen (secondary N) is 1. The van der Waals surface area contributed by atoms with Gasteiger partial charge in [0.05, 0.1) is 25.3 Å². The predicted octanol–water partition coefficient (Wildman–Crippen LogP) is 3.75. The van der Waals surface area contributed by atoms with Gasteiger partial charge in [0.15, 0.2) is 0 Å². The van der Waals surface area contributed by atoms with E-state index >= 15 is 0 Å². The number of anilines is 2. The number of fused-ring (bicyclic) bond motifs is 1. The van der Waals surface area contributed by atoms with Crippen LogP contribution in [0.4, 0.5) is 20.2 Å². The summed E-state index contributed by atoms with van der Waals surface area (Å²) < 4.78 is 40.2. The lowest BCUT2D eigenvalue weighted by Crippen LogP contribution is -2.36. The Bertz CT molecular complexity index is 1430. The largest absolute Gasteiger partial charge is 0.378 e. The summed E-state index contributed by atoms with van der Waals surface area (Å²) in [6.45, 7) is 4.50. The van der Waals surface area contributed by atoms with E-state index in [2.05, 4.69) is 25.3 Å². The summed E-state index contributed by atoms with van der Waals surface area (Å²) in [5, 5.41) is 6.62. The van der Waals surface area contributed by atoms with Gasteiger partial charge in [-0.05, 0) is 31.5 Å². The van der Waals surface area contributed by atoms with Crippen LogP contribution in [0.2, 0.25) is 0 Å². The number of alkyl halides is 1. The number of halogens is 2. The lowest BCUT2D eigenvalue weighted by Gasteiger charge is -2.28. The average Bonchev–Trinajstić information content (AvgIpc) is 3.25. The normalized spacial score (nSPS) is 19.8. The second-order valence-corrected chi connectivity index (χ2v) is 8.76. The molecule has 0 unspecified atom stereocenters. The van der Waals surface area contributed by atoms with Gasteiger partial charge in [-0.15, -0.1) is 0 Å². The van der Waals surface area contributed by atoms with E-state index in [9.17, 15) is 13.6 Å². The summed E-state index contributed by atoms with van der Waals surface area (Å²) in [4.78, 5) is 23.9. The number of imidazole rings is 1. The number of aromatic nitrogens is 4. The molecule has 1 saturated heterocycles. The van der Waals surface area contributed by atoms with E-state index < -0.39 is 23.8 Å². The van der Waals surface area contributed by atoms with Gasteiger partial charge in [-0.2, -0.15) is 4.98 Å². The molecule has 0 spiro atoms. The van der Waals surface area contributed by atoms with Crippen LogP contribution in [0.5, 0.6) is 0 Å². The maximum atomic E-state index is 14.7. The predicted molar refractivity (Wildman–Crippen MR) is 123 cm³/mol. The molecule has 11 heteroatoms. The highest BCUT2D eigenvalue weighted by molar-refractivity contribution is 6.04.